The Bertz CT molecular complexity index is 412. The smallest absolute Gasteiger partial charge is 0.325 e. The second-order valence-corrected chi connectivity index (χ2v) is 9.57. The van der Waals surface area contributed by atoms with Crippen LogP contribution in [0.2, 0.25) is 0 Å². The van der Waals surface area contributed by atoms with E-state index in [1.807, 2.05) is 0 Å². The number of carbonyl (C=O) groups is 2. The summed E-state index contributed by atoms with van der Waals surface area (Å²) >= 11 is 0. The predicted molar refractivity (Wildman–Crippen MR) is 118 cm³/mol. The molecule has 29 heavy (non-hydrogen) atoms. The molecular formula is C23H48N2O4. The van der Waals surface area contributed by atoms with Crippen LogP contribution >= 0.6 is 0 Å². The third-order valence-electron chi connectivity index (χ3n) is 4.36. The number of quaternary nitrogens is 1. The molecule has 6 nitrogen and oxygen atoms in total. The first-order valence-electron chi connectivity index (χ1n) is 11.4. The quantitative estimate of drug-likeness (QED) is 0.236. The molecule has 0 unspecified atom stereocenters. The first kappa shape index (κ1) is 30.1. The number of aliphatic carboxylic acids is 1. The van der Waals surface area contributed by atoms with Gasteiger partial charge in [-0.05, 0) is 20.3 Å². The lowest BCUT2D eigenvalue weighted by atomic mass is 10.1. The fraction of sp³-hybridized carbons (Fsp3) is 0.913. The van der Waals surface area contributed by atoms with Crippen molar-refractivity contribution in [2.45, 2.75) is 103 Å². The Morgan fingerprint density at radius 3 is 1.48 bits per heavy atom. The van der Waals surface area contributed by atoms with E-state index in [1.165, 1.54) is 64.2 Å². The average molecular weight is 417 g/mol. The molecule has 0 saturated carbocycles. The van der Waals surface area contributed by atoms with E-state index in [9.17, 15) is 14.7 Å². The highest BCUT2D eigenvalue weighted by molar-refractivity contribution is 5.79. The van der Waals surface area contributed by atoms with Crippen LogP contribution in [0.3, 0.4) is 0 Å². The normalized spacial score (nSPS) is 11.6. The monoisotopic (exact) mass is 416 g/mol. The number of likely N-dealkylation sites (N-methyl/N-ethyl adjacent to an activating group) is 1. The van der Waals surface area contributed by atoms with Crippen molar-refractivity contribution >= 4 is 11.9 Å². The number of unbranched alkanes of at least 4 members (excludes halogenated alkanes) is 11. The van der Waals surface area contributed by atoms with Gasteiger partial charge >= 0.3 is 5.97 Å². The zero-order chi connectivity index (χ0) is 22.8. The van der Waals surface area contributed by atoms with Gasteiger partial charge in [-0.15, -0.1) is 0 Å². The molecule has 6 heteroatoms. The number of ether oxygens (including phenoxy) is 1. The number of carboxylic acid groups (broad SMARTS) is 1. The van der Waals surface area contributed by atoms with Crippen LogP contribution in [0.25, 0.3) is 0 Å². The van der Waals surface area contributed by atoms with Gasteiger partial charge in [-0.3, -0.25) is 4.79 Å². The Morgan fingerprint density at radius 2 is 1.21 bits per heavy atom. The third kappa shape index (κ3) is 26.9. The molecule has 0 aromatic heterocycles. The van der Waals surface area contributed by atoms with Crippen molar-refractivity contribution in [1.29, 1.82) is 0 Å². The molecule has 0 bridgehead atoms. The third-order valence-corrected chi connectivity index (χ3v) is 4.36. The Morgan fingerprint density at radius 1 is 0.828 bits per heavy atom. The van der Waals surface area contributed by atoms with E-state index in [-0.39, 0.29) is 12.5 Å². The van der Waals surface area contributed by atoms with Crippen molar-refractivity contribution in [1.82, 2.24) is 0 Å². The molecule has 0 spiro atoms. The fourth-order valence-electron chi connectivity index (χ4n) is 2.68. The van der Waals surface area contributed by atoms with Crippen molar-refractivity contribution in [2.75, 3.05) is 34.3 Å². The molecule has 2 N–H and O–H groups in total. The van der Waals surface area contributed by atoms with Gasteiger partial charge in [0.15, 0.2) is 0 Å². The molecule has 0 aliphatic heterocycles. The Balaban J connectivity index is 0. The van der Waals surface area contributed by atoms with E-state index in [0.29, 0.717) is 11.1 Å². The topological polar surface area (TPSA) is 92.5 Å². The van der Waals surface area contributed by atoms with Crippen LogP contribution in [0, 0.1) is 0 Å². The molecule has 0 aromatic carbocycles. The maximum absolute atomic E-state index is 11.4. The van der Waals surface area contributed by atoms with Gasteiger partial charge in [0.05, 0.1) is 33.7 Å². The number of carboxylic acids is 1. The molecule has 0 amide bonds. The van der Waals surface area contributed by atoms with E-state index >= 15 is 0 Å². The molecule has 0 saturated heterocycles. The molecule has 0 radical (unpaired) electrons. The maximum Gasteiger partial charge on any atom is 0.325 e. The van der Waals surface area contributed by atoms with E-state index in [1.54, 1.807) is 35.0 Å². The zero-order valence-corrected chi connectivity index (χ0v) is 20.1. The number of esters is 1. The van der Waals surface area contributed by atoms with Gasteiger partial charge in [0.1, 0.15) is 12.1 Å². The van der Waals surface area contributed by atoms with Crippen LogP contribution in [0.4, 0.5) is 0 Å². The summed E-state index contributed by atoms with van der Waals surface area (Å²) in [4.78, 5) is 21.3. The van der Waals surface area contributed by atoms with Gasteiger partial charge in [-0.25, -0.2) is 0 Å². The SMILES string of the molecule is CCCCCCCCCCCCCCOC(=O)C(C)(C)N.C[N+](C)(C)CC(=O)[O-]. The van der Waals surface area contributed by atoms with Gasteiger partial charge in [0.25, 0.3) is 0 Å². The van der Waals surface area contributed by atoms with Crippen LogP contribution in [0.15, 0.2) is 0 Å². The molecule has 0 aromatic rings. The molecule has 0 aliphatic rings. The molecule has 0 heterocycles. The van der Waals surface area contributed by atoms with Crippen molar-refractivity contribution in [2.24, 2.45) is 5.73 Å². The molecule has 174 valence electrons. The average Bonchev–Trinajstić information content (AvgIpc) is 2.56. The van der Waals surface area contributed by atoms with Crippen molar-refractivity contribution < 1.29 is 23.9 Å². The first-order valence-corrected chi connectivity index (χ1v) is 11.4. The van der Waals surface area contributed by atoms with Gasteiger partial charge in [-0.2, -0.15) is 0 Å². The Kier molecular flexibility index (Phi) is 18.3. The van der Waals surface area contributed by atoms with Crippen molar-refractivity contribution in [3.8, 4) is 0 Å². The van der Waals surface area contributed by atoms with E-state index in [2.05, 4.69) is 6.92 Å². The number of carbonyl (C=O) groups excluding carboxylic acids is 2. The minimum absolute atomic E-state index is 0.0694. The minimum atomic E-state index is -1.00. The van der Waals surface area contributed by atoms with Gasteiger partial charge in [0.2, 0.25) is 0 Å². The largest absolute Gasteiger partial charge is 0.544 e. The highest BCUT2D eigenvalue weighted by Gasteiger charge is 2.23. The molecule has 0 aliphatic carbocycles. The molecule has 0 fully saturated rings. The van der Waals surface area contributed by atoms with Gasteiger partial charge < -0.3 is 24.9 Å². The highest BCUT2D eigenvalue weighted by atomic mass is 16.5. The molecule has 0 rings (SSSR count). The standard InChI is InChI=1S/C18H37NO2.C5H11NO2/c1-4-5-6-7-8-9-10-11-12-13-14-15-16-21-17(20)18(2,3)19;1-6(2,3)4-5(7)8/h4-16,19H2,1-3H3;4H2,1-3H3. The van der Waals surface area contributed by atoms with E-state index < -0.39 is 11.5 Å². The van der Waals surface area contributed by atoms with Gasteiger partial charge in [0, 0.05) is 0 Å². The first-order chi connectivity index (χ1) is 13.4. The Labute approximate surface area is 179 Å². The number of hydrogen-bond donors (Lipinski definition) is 1. The van der Waals surface area contributed by atoms with Crippen LogP contribution in [0.1, 0.15) is 97.8 Å². The summed E-state index contributed by atoms with van der Waals surface area (Å²) in [5, 5.41) is 9.89. The second-order valence-electron chi connectivity index (χ2n) is 9.57. The highest BCUT2D eigenvalue weighted by Crippen LogP contribution is 2.12. The van der Waals surface area contributed by atoms with Gasteiger partial charge in [-0.1, -0.05) is 77.6 Å². The van der Waals surface area contributed by atoms with Crippen molar-refractivity contribution in [3.63, 3.8) is 0 Å². The van der Waals surface area contributed by atoms with Crippen molar-refractivity contribution in [3.05, 3.63) is 0 Å². The van der Waals surface area contributed by atoms with Crippen LogP contribution < -0.4 is 10.8 Å². The van der Waals surface area contributed by atoms with E-state index in [4.69, 9.17) is 10.5 Å². The summed E-state index contributed by atoms with van der Waals surface area (Å²) in [6.07, 6.45) is 15.7. The van der Waals surface area contributed by atoms with Crippen LogP contribution in [-0.2, 0) is 14.3 Å². The summed E-state index contributed by atoms with van der Waals surface area (Å²) in [7, 11) is 5.40. The maximum atomic E-state index is 11.4. The van der Waals surface area contributed by atoms with Crippen LogP contribution in [0.5, 0.6) is 0 Å². The number of hydrogen-bond acceptors (Lipinski definition) is 5. The lowest BCUT2D eigenvalue weighted by Gasteiger charge is -2.23. The molecular weight excluding hydrogens is 368 g/mol. The predicted octanol–water partition coefficient (Wildman–Crippen LogP) is 3.41. The number of rotatable bonds is 16. The molecule has 0 atom stereocenters. The summed E-state index contributed by atoms with van der Waals surface area (Å²) in [6.45, 7) is 6.20. The minimum Gasteiger partial charge on any atom is -0.544 e. The second kappa shape index (κ2) is 17.7. The Hall–Kier alpha value is -1.14. The van der Waals surface area contributed by atoms with E-state index in [0.717, 1.165) is 12.8 Å². The summed E-state index contributed by atoms with van der Waals surface area (Å²) in [5.74, 6) is -1.30. The lowest BCUT2D eigenvalue weighted by Crippen LogP contribution is -2.45. The summed E-state index contributed by atoms with van der Waals surface area (Å²) in [6, 6.07) is 0. The number of nitrogens with zero attached hydrogens (tertiary/aromatic N) is 1. The summed E-state index contributed by atoms with van der Waals surface area (Å²) in [5.41, 5.74) is 4.79. The number of nitrogens with two attached hydrogens (primary N) is 1. The zero-order valence-electron chi connectivity index (χ0n) is 20.1. The fourth-order valence-corrected chi connectivity index (χ4v) is 2.68. The lowest BCUT2D eigenvalue weighted by molar-refractivity contribution is -0.864. The van der Waals surface area contributed by atoms with Crippen LogP contribution in [-0.4, -0.2) is 56.3 Å². The summed E-state index contributed by atoms with van der Waals surface area (Å²) < 4.78 is 5.55.